The van der Waals surface area contributed by atoms with Crippen molar-refractivity contribution in [3.05, 3.63) is 11.8 Å². The number of amides is 1. The van der Waals surface area contributed by atoms with Crippen molar-refractivity contribution in [2.75, 3.05) is 27.2 Å². The van der Waals surface area contributed by atoms with Crippen molar-refractivity contribution < 1.29 is 14.3 Å². The Labute approximate surface area is 116 Å². The fraction of sp³-hybridized carbons (Fsp3) is 0.714. The Bertz CT molecular complexity index is 354. The van der Waals surface area contributed by atoms with Crippen LogP contribution in [0.1, 0.15) is 34.6 Å². The molecular formula is C14H26N2O3. The molecule has 0 aromatic carbocycles. The van der Waals surface area contributed by atoms with E-state index < -0.39 is 11.7 Å². The van der Waals surface area contributed by atoms with Gasteiger partial charge in [-0.1, -0.05) is 13.8 Å². The van der Waals surface area contributed by atoms with Gasteiger partial charge in [0, 0.05) is 25.9 Å². The van der Waals surface area contributed by atoms with E-state index in [4.69, 9.17) is 4.74 Å². The lowest BCUT2D eigenvalue weighted by Gasteiger charge is -2.23. The summed E-state index contributed by atoms with van der Waals surface area (Å²) in [5, 5.41) is 0. The maximum Gasteiger partial charge on any atom is 0.411 e. The summed E-state index contributed by atoms with van der Waals surface area (Å²) < 4.78 is 5.22. The van der Waals surface area contributed by atoms with Crippen LogP contribution in [-0.4, -0.2) is 54.5 Å². The molecule has 5 heteroatoms. The fourth-order valence-electron chi connectivity index (χ4n) is 1.50. The molecule has 0 saturated carbocycles. The number of carbonyl (C=O) groups excluding carboxylic acids is 2. The summed E-state index contributed by atoms with van der Waals surface area (Å²) in [6, 6.07) is 0. The molecule has 0 N–H and O–H groups in total. The predicted molar refractivity (Wildman–Crippen MR) is 75.9 cm³/mol. The van der Waals surface area contributed by atoms with Gasteiger partial charge >= 0.3 is 6.09 Å². The molecule has 0 aromatic heterocycles. The zero-order valence-corrected chi connectivity index (χ0v) is 13.1. The molecule has 1 saturated heterocycles. The molecule has 0 spiro atoms. The molecule has 5 nitrogen and oxygen atoms in total. The lowest BCUT2D eigenvalue weighted by molar-refractivity contribution is -0.114. The van der Waals surface area contributed by atoms with Gasteiger partial charge in [0.25, 0.3) is 0 Å². The highest BCUT2D eigenvalue weighted by Gasteiger charge is 2.31. The molecule has 0 atom stereocenters. The molecule has 19 heavy (non-hydrogen) atoms. The Morgan fingerprint density at radius 2 is 1.79 bits per heavy atom. The van der Waals surface area contributed by atoms with E-state index in [0.29, 0.717) is 12.1 Å². The molecular weight excluding hydrogens is 244 g/mol. The summed E-state index contributed by atoms with van der Waals surface area (Å²) in [6.45, 7) is 9.85. The number of nitrogens with zero attached hydrogens (tertiary/aromatic N) is 2. The van der Waals surface area contributed by atoms with Crippen molar-refractivity contribution in [1.29, 1.82) is 0 Å². The van der Waals surface area contributed by atoms with Crippen molar-refractivity contribution in [3.63, 3.8) is 0 Å². The monoisotopic (exact) mass is 270 g/mol. The van der Waals surface area contributed by atoms with E-state index in [0.717, 1.165) is 0 Å². The van der Waals surface area contributed by atoms with Crippen LogP contribution in [0.15, 0.2) is 11.8 Å². The van der Waals surface area contributed by atoms with E-state index in [2.05, 4.69) is 0 Å². The molecule has 0 aliphatic carbocycles. The SMILES string of the molecule is CC.CN(C)/C=C1/CN(C(=O)OC(C)(C)C)CC1=O. The Hall–Kier alpha value is -1.52. The number of Topliss-reactive ketones (excluding diaryl/α,β-unsaturated/α-hetero) is 1. The van der Waals surface area contributed by atoms with Crippen LogP contribution in [0.3, 0.4) is 0 Å². The van der Waals surface area contributed by atoms with E-state index in [1.54, 1.807) is 31.9 Å². The van der Waals surface area contributed by atoms with Gasteiger partial charge in [-0.05, 0) is 20.8 Å². The third kappa shape index (κ3) is 6.27. The van der Waals surface area contributed by atoms with Gasteiger partial charge < -0.3 is 9.64 Å². The largest absolute Gasteiger partial charge is 0.444 e. The summed E-state index contributed by atoms with van der Waals surface area (Å²) in [5.41, 5.74) is 0.106. The minimum absolute atomic E-state index is 0.0236. The molecule has 1 fully saturated rings. The van der Waals surface area contributed by atoms with Gasteiger partial charge in [-0.3, -0.25) is 9.69 Å². The van der Waals surface area contributed by atoms with Crippen LogP contribution < -0.4 is 0 Å². The van der Waals surface area contributed by atoms with Gasteiger partial charge in [-0.2, -0.15) is 0 Å². The molecule has 1 aliphatic rings. The quantitative estimate of drug-likeness (QED) is 0.686. The van der Waals surface area contributed by atoms with Gasteiger partial charge in [0.1, 0.15) is 5.60 Å². The molecule has 1 aliphatic heterocycles. The van der Waals surface area contributed by atoms with Crippen LogP contribution in [0.2, 0.25) is 0 Å². The van der Waals surface area contributed by atoms with E-state index in [1.165, 1.54) is 4.90 Å². The second-order valence-electron chi connectivity index (χ2n) is 5.38. The van der Waals surface area contributed by atoms with Crippen molar-refractivity contribution in [2.45, 2.75) is 40.2 Å². The van der Waals surface area contributed by atoms with Crippen molar-refractivity contribution in [1.82, 2.24) is 9.80 Å². The maximum absolute atomic E-state index is 11.7. The minimum Gasteiger partial charge on any atom is -0.444 e. The second kappa shape index (κ2) is 7.16. The van der Waals surface area contributed by atoms with Gasteiger partial charge in [-0.15, -0.1) is 0 Å². The summed E-state index contributed by atoms with van der Waals surface area (Å²) in [5.74, 6) is -0.0236. The van der Waals surface area contributed by atoms with Crippen molar-refractivity contribution >= 4 is 11.9 Å². The van der Waals surface area contributed by atoms with Gasteiger partial charge in [0.05, 0.1) is 13.1 Å². The normalized spacial score (nSPS) is 17.1. The molecule has 0 bridgehead atoms. The molecule has 1 heterocycles. The fourth-order valence-corrected chi connectivity index (χ4v) is 1.50. The Morgan fingerprint density at radius 1 is 1.26 bits per heavy atom. The Balaban J connectivity index is 0.00000154. The van der Waals surface area contributed by atoms with Gasteiger partial charge in [0.2, 0.25) is 0 Å². The molecule has 110 valence electrons. The standard InChI is InChI=1S/C12H20N2O3.C2H6/c1-12(2,3)17-11(16)14-7-9(6-13(4)5)10(15)8-14;1-2/h6H,7-8H2,1-5H3;1-2H3/b9-6-;. The maximum atomic E-state index is 11.7. The van der Waals surface area contributed by atoms with Crippen LogP contribution in [0.25, 0.3) is 0 Å². The van der Waals surface area contributed by atoms with Gasteiger partial charge in [-0.25, -0.2) is 4.79 Å². The van der Waals surface area contributed by atoms with E-state index in [1.807, 2.05) is 27.9 Å². The van der Waals surface area contributed by atoms with Crippen LogP contribution >= 0.6 is 0 Å². The molecule has 1 amide bonds. The first-order valence-corrected chi connectivity index (χ1v) is 6.57. The zero-order valence-electron chi connectivity index (χ0n) is 13.1. The highest BCUT2D eigenvalue weighted by Crippen LogP contribution is 2.16. The average molecular weight is 270 g/mol. The summed E-state index contributed by atoms with van der Waals surface area (Å²) >= 11 is 0. The van der Waals surface area contributed by atoms with Crippen LogP contribution in [-0.2, 0) is 9.53 Å². The Morgan fingerprint density at radius 3 is 2.21 bits per heavy atom. The first kappa shape index (κ1) is 17.5. The molecule has 0 aromatic rings. The lowest BCUT2D eigenvalue weighted by atomic mass is 10.2. The first-order valence-electron chi connectivity index (χ1n) is 6.57. The van der Waals surface area contributed by atoms with Gasteiger partial charge in [0.15, 0.2) is 5.78 Å². The van der Waals surface area contributed by atoms with Crippen LogP contribution in [0, 0.1) is 0 Å². The number of hydrogen-bond donors (Lipinski definition) is 0. The smallest absolute Gasteiger partial charge is 0.411 e. The number of carbonyl (C=O) groups is 2. The number of hydrogen-bond acceptors (Lipinski definition) is 4. The second-order valence-corrected chi connectivity index (χ2v) is 5.38. The molecule has 0 unspecified atom stereocenters. The molecule has 1 rings (SSSR count). The van der Waals surface area contributed by atoms with E-state index >= 15 is 0 Å². The third-order valence-corrected chi connectivity index (χ3v) is 2.12. The first-order chi connectivity index (χ1) is 8.69. The van der Waals surface area contributed by atoms with Crippen LogP contribution in [0.5, 0.6) is 0 Å². The molecule has 0 radical (unpaired) electrons. The van der Waals surface area contributed by atoms with E-state index in [9.17, 15) is 9.59 Å². The predicted octanol–water partition coefficient (Wildman–Crippen LogP) is 2.28. The number of ketones is 1. The highest BCUT2D eigenvalue weighted by molar-refractivity contribution is 6.01. The van der Waals surface area contributed by atoms with E-state index in [-0.39, 0.29) is 12.3 Å². The van der Waals surface area contributed by atoms with Crippen molar-refractivity contribution in [2.24, 2.45) is 0 Å². The lowest BCUT2D eigenvalue weighted by Crippen LogP contribution is -2.35. The highest BCUT2D eigenvalue weighted by atomic mass is 16.6. The topological polar surface area (TPSA) is 49.9 Å². The number of rotatable bonds is 1. The minimum atomic E-state index is -0.534. The number of likely N-dealkylation sites (tertiary alicyclic amines) is 1. The third-order valence-electron chi connectivity index (χ3n) is 2.12. The van der Waals surface area contributed by atoms with Crippen LogP contribution in [0.4, 0.5) is 4.79 Å². The zero-order chi connectivity index (χ0) is 15.2. The summed E-state index contributed by atoms with van der Waals surface area (Å²) in [4.78, 5) is 26.6. The Kier molecular flexibility index (Phi) is 6.59. The summed E-state index contributed by atoms with van der Waals surface area (Å²) in [6.07, 6.45) is 1.31. The summed E-state index contributed by atoms with van der Waals surface area (Å²) in [7, 11) is 3.69. The average Bonchev–Trinajstić information content (AvgIpc) is 2.60. The van der Waals surface area contributed by atoms with Crippen molar-refractivity contribution in [3.8, 4) is 0 Å². The number of ether oxygens (including phenoxy) is 1.